The molecule has 148 valence electrons. The number of aromatic nitrogens is 2. The molecule has 1 aliphatic heterocycles. The highest BCUT2D eigenvalue weighted by molar-refractivity contribution is 5.83. The summed E-state index contributed by atoms with van der Waals surface area (Å²) < 4.78 is 13.4. The monoisotopic (exact) mass is 386 g/mol. The van der Waals surface area contributed by atoms with Gasteiger partial charge >= 0.3 is 0 Å². The second kappa shape index (κ2) is 8.77. The van der Waals surface area contributed by atoms with Crippen molar-refractivity contribution in [2.45, 2.75) is 32.7 Å². The number of halogens is 1. The average Bonchev–Trinajstić information content (AvgIpc) is 2.62. The van der Waals surface area contributed by atoms with Crippen molar-refractivity contribution >= 4 is 11.8 Å². The summed E-state index contributed by atoms with van der Waals surface area (Å²) in [5.74, 6) is -0.298. The van der Waals surface area contributed by atoms with Crippen LogP contribution in [0.1, 0.15) is 29.9 Å². The molecule has 2 aromatic rings. The predicted molar refractivity (Wildman–Crippen MR) is 101 cm³/mol. The van der Waals surface area contributed by atoms with Gasteiger partial charge < -0.3 is 15.2 Å². The number of carbonyl (C=O) groups excluding carboxylic acids is 2. The Bertz CT molecular complexity index is 928. The van der Waals surface area contributed by atoms with E-state index < -0.39 is 0 Å². The van der Waals surface area contributed by atoms with Crippen molar-refractivity contribution in [3.05, 3.63) is 63.6 Å². The first-order valence-corrected chi connectivity index (χ1v) is 9.27. The van der Waals surface area contributed by atoms with Gasteiger partial charge in [-0.3, -0.25) is 14.4 Å². The minimum absolute atomic E-state index is 0.0325. The Kier molecular flexibility index (Phi) is 6.18. The molecule has 3 rings (SSSR count). The molecular weight excluding hydrogens is 363 g/mol. The molecule has 0 unspecified atom stereocenters. The number of hydrogen-bond acceptors (Lipinski definition) is 4. The third-order valence-electron chi connectivity index (χ3n) is 4.71. The van der Waals surface area contributed by atoms with Crippen molar-refractivity contribution in [3.8, 4) is 0 Å². The molecule has 28 heavy (non-hydrogen) atoms. The van der Waals surface area contributed by atoms with Crippen LogP contribution in [0.5, 0.6) is 0 Å². The second-order valence-electron chi connectivity index (χ2n) is 7.01. The molecule has 2 heterocycles. The quantitative estimate of drug-likeness (QED) is 0.783. The minimum atomic E-state index is -0.348. The Balaban J connectivity index is 1.53. The normalized spacial score (nSPS) is 16.9. The lowest BCUT2D eigenvalue weighted by Gasteiger charge is -2.32. The van der Waals surface area contributed by atoms with E-state index in [-0.39, 0.29) is 35.7 Å². The van der Waals surface area contributed by atoms with Crippen LogP contribution in [0.2, 0.25) is 0 Å². The molecule has 1 aromatic heterocycles. The van der Waals surface area contributed by atoms with Crippen LogP contribution >= 0.6 is 0 Å². The maximum Gasteiger partial charge on any atom is 0.251 e. The van der Waals surface area contributed by atoms with Crippen LogP contribution in [-0.4, -0.2) is 39.8 Å². The number of aromatic amines is 1. The first-order valence-electron chi connectivity index (χ1n) is 9.27. The average molecular weight is 386 g/mol. The number of likely N-dealkylation sites (tertiary alicyclic amines) is 1. The first-order chi connectivity index (χ1) is 13.4. The van der Waals surface area contributed by atoms with E-state index in [0.29, 0.717) is 49.4 Å². The SMILES string of the molecule is Cc1cc(=O)[nH]c(CCNC(=O)[C@@H]2CCC(=O)N(Cc3cccc(F)c3)C2)n1. The van der Waals surface area contributed by atoms with Crippen molar-refractivity contribution in [3.63, 3.8) is 0 Å². The van der Waals surface area contributed by atoms with E-state index in [0.717, 1.165) is 0 Å². The topological polar surface area (TPSA) is 95.2 Å². The summed E-state index contributed by atoms with van der Waals surface area (Å²) in [5, 5.41) is 2.85. The Morgan fingerprint density at radius 3 is 2.93 bits per heavy atom. The molecule has 2 N–H and O–H groups in total. The molecule has 7 nitrogen and oxygen atoms in total. The molecule has 1 aliphatic rings. The fraction of sp³-hybridized carbons (Fsp3) is 0.400. The molecular formula is C20H23FN4O3. The summed E-state index contributed by atoms with van der Waals surface area (Å²) >= 11 is 0. The van der Waals surface area contributed by atoms with E-state index in [2.05, 4.69) is 15.3 Å². The Hall–Kier alpha value is -3.03. The maximum atomic E-state index is 13.4. The van der Waals surface area contributed by atoms with Crippen LogP contribution in [0.3, 0.4) is 0 Å². The van der Waals surface area contributed by atoms with E-state index in [1.807, 2.05) is 0 Å². The number of hydrogen-bond donors (Lipinski definition) is 2. The number of nitrogens with one attached hydrogen (secondary N) is 2. The van der Waals surface area contributed by atoms with Crippen LogP contribution in [0.15, 0.2) is 35.1 Å². The summed E-state index contributed by atoms with van der Waals surface area (Å²) in [6, 6.07) is 7.53. The number of nitrogens with zero attached hydrogens (tertiary/aromatic N) is 2. The van der Waals surface area contributed by atoms with Gasteiger partial charge in [0.1, 0.15) is 11.6 Å². The number of benzene rings is 1. The molecule has 1 saturated heterocycles. The standard InChI is InChI=1S/C20H23FN4O3/c1-13-9-18(26)24-17(23-13)7-8-22-20(28)15-5-6-19(27)25(12-15)11-14-3-2-4-16(21)10-14/h2-4,9-10,15H,5-8,11-12H2,1H3,(H,22,28)(H,23,24,26)/t15-/m1/s1. The van der Waals surface area contributed by atoms with Crippen LogP contribution < -0.4 is 10.9 Å². The lowest BCUT2D eigenvalue weighted by atomic mass is 9.96. The van der Waals surface area contributed by atoms with Crippen LogP contribution in [-0.2, 0) is 22.6 Å². The van der Waals surface area contributed by atoms with E-state index in [1.54, 1.807) is 24.0 Å². The molecule has 0 aliphatic carbocycles. The third-order valence-corrected chi connectivity index (χ3v) is 4.71. The van der Waals surface area contributed by atoms with Crippen LogP contribution in [0.25, 0.3) is 0 Å². The van der Waals surface area contributed by atoms with Gasteiger partial charge in [-0.15, -0.1) is 0 Å². The first kappa shape index (κ1) is 19.7. The predicted octanol–water partition coefficient (Wildman–Crippen LogP) is 1.31. The van der Waals surface area contributed by atoms with Gasteiger partial charge in [0.2, 0.25) is 11.8 Å². The van der Waals surface area contributed by atoms with Crippen molar-refractivity contribution < 1.29 is 14.0 Å². The van der Waals surface area contributed by atoms with Gasteiger partial charge in [0, 0.05) is 44.2 Å². The summed E-state index contributed by atoms with van der Waals surface area (Å²) in [7, 11) is 0. The van der Waals surface area contributed by atoms with Crippen LogP contribution in [0, 0.1) is 18.7 Å². The molecule has 0 spiro atoms. The Labute approximate surface area is 162 Å². The van der Waals surface area contributed by atoms with Crippen molar-refractivity contribution in [2.75, 3.05) is 13.1 Å². The van der Waals surface area contributed by atoms with Crippen molar-refractivity contribution in [1.29, 1.82) is 0 Å². The van der Waals surface area contributed by atoms with E-state index in [9.17, 15) is 18.8 Å². The Morgan fingerprint density at radius 2 is 2.18 bits per heavy atom. The minimum Gasteiger partial charge on any atom is -0.355 e. The molecule has 0 radical (unpaired) electrons. The zero-order chi connectivity index (χ0) is 20.1. The molecule has 2 amide bonds. The smallest absolute Gasteiger partial charge is 0.251 e. The molecule has 0 bridgehead atoms. The van der Waals surface area contributed by atoms with Crippen molar-refractivity contribution in [2.24, 2.45) is 5.92 Å². The lowest BCUT2D eigenvalue weighted by Crippen LogP contribution is -2.45. The number of amides is 2. The maximum absolute atomic E-state index is 13.4. The van der Waals surface area contributed by atoms with E-state index in [1.165, 1.54) is 18.2 Å². The van der Waals surface area contributed by atoms with E-state index >= 15 is 0 Å². The molecule has 8 heteroatoms. The number of H-pyrrole nitrogens is 1. The Morgan fingerprint density at radius 1 is 1.36 bits per heavy atom. The van der Waals surface area contributed by atoms with Gasteiger partial charge in [-0.1, -0.05) is 12.1 Å². The zero-order valence-corrected chi connectivity index (χ0v) is 15.7. The number of aryl methyl sites for hydroxylation is 1. The summed E-state index contributed by atoms with van der Waals surface area (Å²) in [5.41, 5.74) is 1.11. The van der Waals surface area contributed by atoms with Gasteiger partial charge in [-0.05, 0) is 31.0 Å². The van der Waals surface area contributed by atoms with E-state index in [4.69, 9.17) is 0 Å². The van der Waals surface area contributed by atoms with Crippen molar-refractivity contribution in [1.82, 2.24) is 20.2 Å². The van der Waals surface area contributed by atoms with Gasteiger partial charge in [0.25, 0.3) is 5.56 Å². The summed E-state index contributed by atoms with van der Waals surface area (Å²) in [6.07, 6.45) is 1.20. The largest absolute Gasteiger partial charge is 0.355 e. The van der Waals surface area contributed by atoms with Gasteiger partial charge in [-0.2, -0.15) is 0 Å². The number of piperidine rings is 1. The van der Waals surface area contributed by atoms with Gasteiger partial charge in [0.05, 0.1) is 5.92 Å². The highest BCUT2D eigenvalue weighted by atomic mass is 19.1. The van der Waals surface area contributed by atoms with Gasteiger partial charge in [-0.25, -0.2) is 9.37 Å². The fourth-order valence-electron chi connectivity index (χ4n) is 3.35. The lowest BCUT2D eigenvalue weighted by molar-refractivity contribution is -0.138. The number of carbonyl (C=O) groups is 2. The third kappa shape index (κ3) is 5.25. The van der Waals surface area contributed by atoms with Crippen LogP contribution in [0.4, 0.5) is 4.39 Å². The zero-order valence-electron chi connectivity index (χ0n) is 15.7. The summed E-state index contributed by atoms with van der Waals surface area (Å²) in [4.78, 5) is 44.6. The highest BCUT2D eigenvalue weighted by Crippen LogP contribution is 2.20. The number of rotatable bonds is 6. The molecule has 1 aromatic carbocycles. The second-order valence-corrected chi connectivity index (χ2v) is 7.01. The fourth-order valence-corrected chi connectivity index (χ4v) is 3.35. The van der Waals surface area contributed by atoms with Gasteiger partial charge in [0.15, 0.2) is 0 Å². The molecule has 1 atom stereocenters. The molecule has 1 fully saturated rings. The highest BCUT2D eigenvalue weighted by Gasteiger charge is 2.30. The molecule has 0 saturated carbocycles. The summed E-state index contributed by atoms with van der Waals surface area (Å²) in [6.45, 7) is 2.68.